The Hall–Kier alpha value is -3.40. The predicted molar refractivity (Wildman–Crippen MR) is 175 cm³/mol. The number of rotatable bonds is 21. The first kappa shape index (κ1) is 35.1. The first-order valence-electron chi connectivity index (χ1n) is 15.8. The summed E-state index contributed by atoms with van der Waals surface area (Å²) in [5.74, 6) is -0.0866. The van der Waals surface area contributed by atoms with Crippen LogP contribution >= 0.6 is 0 Å². The number of esters is 1. The number of carbonyl (C=O) groups is 1. The van der Waals surface area contributed by atoms with Crippen molar-refractivity contribution in [1.29, 1.82) is 0 Å². The van der Waals surface area contributed by atoms with Gasteiger partial charge in [-0.2, -0.15) is 0 Å². The number of hydrogen-bond acceptors (Lipinski definition) is 7. The van der Waals surface area contributed by atoms with Gasteiger partial charge in [-0.15, -0.1) is 0 Å². The van der Waals surface area contributed by atoms with Crippen molar-refractivity contribution in [2.45, 2.75) is 89.6 Å². The second-order valence-corrected chi connectivity index (χ2v) is 12.7. The number of nitrogens with zero attached hydrogens (tertiary/aromatic N) is 1. The van der Waals surface area contributed by atoms with E-state index >= 15 is 0 Å². The molecule has 8 nitrogen and oxygen atoms in total. The first-order valence-corrected chi connectivity index (χ1v) is 17.3. The lowest BCUT2D eigenvalue weighted by Crippen LogP contribution is -2.28. The minimum atomic E-state index is -4.24. The SMILES string of the molecule is CCCCCCCCCCON(C)S(=O)(=O)c1cc(C(=O)OCc2ccccc2)cc(NCCCC)c1Oc1ccccc1. The highest BCUT2D eigenvalue weighted by atomic mass is 32.2. The lowest BCUT2D eigenvalue weighted by Gasteiger charge is -2.22. The minimum absolute atomic E-state index is 0.0598. The second-order valence-electron chi connectivity index (χ2n) is 10.8. The molecule has 240 valence electrons. The molecule has 0 fully saturated rings. The molecule has 9 heteroatoms. The third-order valence-corrected chi connectivity index (χ3v) is 8.84. The van der Waals surface area contributed by atoms with E-state index in [1.54, 1.807) is 18.2 Å². The number of nitrogens with one attached hydrogen (secondary N) is 1. The topological polar surface area (TPSA) is 94.2 Å². The van der Waals surface area contributed by atoms with Crippen LogP contribution in [0.2, 0.25) is 0 Å². The maximum atomic E-state index is 14.0. The zero-order valence-corrected chi connectivity index (χ0v) is 27.2. The molecule has 0 spiro atoms. The highest BCUT2D eigenvalue weighted by molar-refractivity contribution is 7.89. The first-order chi connectivity index (χ1) is 21.4. The van der Waals surface area contributed by atoms with E-state index in [4.69, 9.17) is 14.3 Å². The van der Waals surface area contributed by atoms with Crippen LogP contribution in [0.25, 0.3) is 0 Å². The maximum absolute atomic E-state index is 14.0. The third kappa shape index (κ3) is 11.3. The number of anilines is 1. The Morgan fingerprint density at radius 3 is 2.07 bits per heavy atom. The number of ether oxygens (including phenoxy) is 2. The zero-order valence-electron chi connectivity index (χ0n) is 26.4. The van der Waals surface area contributed by atoms with Gasteiger partial charge in [0, 0.05) is 13.6 Å². The summed E-state index contributed by atoms with van der Waals surface area (Å²) in [6.45, 7) is 5.16. The molecule has 0 bridgehead atoms. The molecule has 3 aromatic carbocycles. The van der Waals surface area contributed by atoms with Gasteiger partial charge in [0.25, 0.3) is 10.0 Å². The molecule has 0 saturated carbocycles. The number of carbonyl (C=O) groups excluding carboxylic acids is 1. The van der Waals surface area contributed by atoms with Crippen molar-refractivity contribution < 1.29 is 27.5 Å². The predicted octanol–water partition coefficient (Wildman–Crippen LogP) is 8.74. The molecule has 0 heterocycles. The Balaban J connectivity index is 1.86. The maximum Gasteiger partial charge on any atom is 0.338 e. The van der Waals surface area contributed by atoms with E-state index in [0.717, 1.165) is 42.1 Å². The van der Waals surface area contributed by atoms with Crippen LogP contribution in [0.1, 0.15) is 94.0 Å². The van der Waals surface area contributed by atoms with E-state index < -0.39 is 16.0 Å². The molecular formula is C35H48N2O6S. The normalized spacial score (nSPS) is 11.5. The average molecular weight is 625 g/mol. The molecule has 0 radical (unpaired) electrons. The van der Waals surface area contributed by atoms with Gasteiger partial charge in [0.1, 0.15) is 17.3 Å². The van der Waals surface area contributed by atoms with Crippen LogP contribution < -0.4 is 10.1 Å². The number of hydroxylamine groups is 1. The number of para-hydroxylation sites is 1. The summed E-state index contributed by atoms with van der Waals surface area (Å²) in [4.78, 5) is 18.8. The van der Waals surface area contributed by atoms with Crippen molar-refractivity contribution in [2.75, 3.05) is 25.5 Å². The van der Waals surface area contributed by atoms with Crippen LogP contribution in [0.3, 0.4) is 0 Å². The smallest absolute Gasteiger partial charge is 0.338 e. The molecule has 0 atom stereocenters. The molecule has 1 N–H and O–H groups in total. The van der Waals surface area contributed by atoms with Crippen molar-refractivity contribution in [3.8, 4) is 11.5 Å². The molecule has 3 aromatic rings. The highest BCUT2D eigenvalue weighted by Crippen LogP contribution is 2.39. The summed E-state index contributed by atoms with van der Waals surface area (Å²) < 4.78 is 40.6. The second kappa shape index (κ2) is 19.1. The Morgan fingerprint density at radius 1 is 0.795 bits per heavy atom. The van der Waals surface area contributed by atoms with Crippen LogP contribution in [0.15, 0.2) is 77.7 Å². The van der Waals surface area contributed by atoms with Crippen molar-refractivity contribution in [1.82, 2.24) is 4.47 Å². The van der Waals surface area contributed by atoms with Gasteiger partial charge < -0.3 is 14.8 Å². The Morgan fingerprint density at radius 2 is 1.41 bits per heavy atom. The third-order valence-electron chi connectivity index (χ3n) is 7.20. The monoisotopic (exact) mass is 624 g/mol. The molecule has 0 aliphatic heterocycles. The summed E-state index contributed by atoms with van der Waals surface area (Å²) in [5, 5.41) is 3.28. The van der Waals surface area contributed by atoms with E-state index in [-0.39, 0.29) is 29.4 Å². The molecule has 44 heavy (non-hydrogen) atoms. The largest absolute Gasteiger partial charge is 0.457 e. The summed E-state index contributed by atoms with van der Waals surface area (Å²) in [5.41, 5.74) is 1.30. The fourth-order valence-electron chi connectivity index (χ4n) is 4.60. The van der Waals surface area contributed by atoms with Crippen molar-refractivity contribution in [3.63, 3.8) is 0 Å². The Bertz CT molecular complexity index is 1370. The van der Waals surface area contributed by atoms with Crippen molar-refractivity contribution in [3.05, 3.63) is 83.9 Å². The number of hydrogen-bond donors (Lipinski definition) is 1. The van der Waals surface area contributed by atoms with Crippen molar-refractivity contribution in [2.24, 2.45) is 0 Å². The van der Waals surface area contributed by atoms with Gasteiger partial charge in [-0.1, -0.05) is 118 Å². The van der Waals surface area contributed by atoms with Crippen LogP contribution in [-0.2, 0) is 26.2 Å². The van der Waals surface area contributed by atoms with Crippen LogP contribution in [0.4, 0.5) is 5.69 Å². The lowest BCUT2D eigenvalue weighted by molar-refractivity contribution is -0.0663. The average Bonchev–Trinajstić information content (AvgIpc) is 3.04. The van der Waals surface area contributed by atoms with Gasteiger partial charge in [0.2, 0.25) is 0 Å². The molecule has 3 rings (SSSR count). The quantitative estimate of drug-likeness (QED) is 0.0719. The van der Waals surface area contributed by atoms with Gasteiger partial charge in [-0.05, 0) is 42.7 Å². The fraction of sp³-hybridized carbons (Fsp3) is 0.457. The van der Waals surface area contributed by atoms with Gasteiger partial charge >= 0.3 is 5.97 Å². The zero-order chi connectivity index (χ0) is 31.6. The molecule has 0 aromatic heterocycles. The summed E-state index contributed by atoms with van der Waals surface area (Å²) in [7, 11) is -2.86. The summed E-state index contributed by atoms with van der Waals surface area (Å²) in [6.07, 6.45) is 10.7. The number of benzene rings is 3. The molecule has 0 aliphatic rings. The number of sulfonamides is 1. The molecule has 0 saturated heterocycles. The Kier molecular flexibility index (Phi) is 15.2. The summed E-state index contributed by atoms with van der Waals surface area (Å²) in [6, 6.07) is 21.2. The summed E-state index contributed by atoms with van der Waals surface area (Å²) >= 11 is 0. The van der Waals surface area contributed by atoms with Crippen LogP contribution in [-0.4, -0.2) is 39.1 Å². The highest BCUT2D eigenvalue weighted by Gasteiger charge is 2.30. The van der Waals surface area contributed by atoms with E-state index in [1.807, 2.05) is 48.5 Å². The van der Waals surface area contributed by atoms with Gasteiger partial charge in [-0.3, -0.25) is 4.84 Å². The van der Waals surface area contributed by atoms with Crippen LogP contribution in [0, 0.1) is 0 Å². The molecular weight excluding hydrogens is 576 g/mol. The standard InChI is InChI=1S/C35H48N2O6S/c1-4-6-8-9-10-11-12-19-25-42-37(3)44(39,40)33-27-30(35(38)41-28-29-20-15-13-16-21-29)26-32(36-24-7-5-2)34(33)43-31-22-17-14-18-23-31/h13-18,20-23,26-27,36H,4-12,19,24-25,28H2,1-3H3. The molecule has 0 unspecified atom stereocenters. The minimum Gasteiger partial charge on any atom is -0.457 e. The lowest BCUT2D eigenvalue weighted by atomic mass is 10.1. The van der Waals surface area contributed by atoms with Gasteiger partial charge in [0.05, 0.1) is 17.9 Å². The number of unbranched alkanes of at least 4 members (excludes halogenated alkanes) is 8. The Labute approximate surface area is 263 Å². The van der Waals surface area contributed by atoms with E-state index in [1.165, 1.54) is 45.2 Å². The fourth-order valence-corrected chi connectivity index (χ4v) is 5.75. The van der Waals surface area contributed by atoms with E-state index in [0.29, 0.717) is 18.0 Å². The van der Waals surface area contributed by atoms with E-state index in [2.05, 4.69) is 19.2 Å². The van der Waals surface area contributed by atoms with Crippen LogP contribution in [0.5, 0.6) is 11.5 Å². The molecule has 0 aliphatic carbocycles. The van der Waals surface area contributed by atoms with E-state index in [9.17, 15) is 13.2 Å². The van der Waals surface area contributed by atoms with Gasteiger partial charge in [0.15, 0.2) is 5.75 Å². The molecule has 0 amide bonds. The van der Waals surface area contributed by atoms with Gasteiger partial charge in [-0.25, -0.2) is 13.2 Å². The van der Waals surface area contributed by atoms with Crippen molar-refractivity contribution >= 4 is 21.7 Å².